The SMILES string of the molecule is CCCCC/C=C(/CCCCC)N=[N+]=[N-]. The fourth-order valence-electron chi connectivity index (χ4n) is 1.47. The average Bonchev–Trinajstić information content (AvgIpc) is 2.24. The molecular formula is C12H23N3. The first-order valence-corrected chi connectivity index (χ1v) is 6.09. The number of hydrogen-bond donors (Lipinski definition) is 0. The molecular weight excluding hydrogens is 186 g/mol. The smallest absolute Gasteiger partial charge is 0.0111 e. The zero-order chi connectivity index (χ0) is 11.4. The van der Waals surface area contributed by atoms with Gasteiger partial charge in [0, 0.05) is 10.6 Å². The topological polar surface area (TPSA) is 48.8 Å². The van der Waals surface area contributed by atoms with Crippen molar-refractivity contribution < 1.29 is 0 Å². The summed E-state index contributed by atoms with van der Waals surface area (Å²) in [7, 11) is 0. The number of nitrogens with zero attached hydrogens (tertiary/aromatic N) is 3. The molecule has 0 fully saturated rings. The predicted molar refractivity (Wildman–Crippen MR) is 65.5 cm³/mol. The number of azide groups is 1. The Morgan fingerprint density at radius 1 is 1.13 bits per heavy atom. The molecule has 0 aliphatic rings. The van der Waals surface area contributed by atoms with E-state index in [1.54, 1.807) is 0 Å². The van der Waals surface area contributed by atoms with Crippen molar-refractivity contribution in [3.63, 3.8) is 0 Å². The quantitative estimate of drug-likeness (QED) is 0.213. The largest absolute Gasteiger partial charge is 0.0790 e. The van der Waals surface area contributed by atoms with Crippen LogP contribution in [0.1, 0.15) is 65.2 Å². The lowest BCUT2D eigenvalue weighted by molar-refractivity contribution is 0.696. The minimum absolute atomic E-state index is 0.932. The Bertz CT molecular complexity index is 215. The van der Waals surface area contributed by atoms with E-state index in [1.807, 2.05) is 0 Å². The standard InChI is InChI=1S/C12H23N3/c1-3-5-7-9-11-12(14-15-13)10-8-6-4-2/h11H,3-10H2,1-2H3/b12-11-. The van der Waals surface area contributed by atoms with E-state index in [0.29, 0.717) is 0 Å². The summed E-state index contributed by atoms with van der Waals surface area (Å²) >= 11 is 0. The van der Waals surface area contributed by atoms with Gasteiger partial charge in [0.15, 0.2) is 0 Å². The molecule has 0 heterocycles. The van der Waals surface area contributed by atoms with Gasteiger partial charge in [-0.1, -0.05) is 50.7 Å². The molecule has 0 aromatic heterocycles. The molecule has 0 saturated carbocycles. The minimum Gasteiger partial charge on any atom is -0.0790 e. The fraction of sp³-hybridized carbons (Fsp3) is 0.833. The Balaban J connectivity index is 3.84. The van der Waals surface area contributed by atoms with E-state index in [2.05, 4.69) is 29.9 Å². The van der Waals surface area contributed by atoms with Crippen molar-refractivity contribution in [3.8, 4) is 0 Å². The first-order valence-electron chi connectivity index (χ1n) is 6.09. The van der Waals surface area contributed by atoms with Crippen LogP contribution in [-0.4, -0.2) is 0 Å². The molecule has 0 aliphatic heterocycles. The highest BCUT2D eigenvalue weighted by Crippen LogP contribution is 2.13. The summed E-state index contributed by atoms with van der Waals surface area (Å²) in [6.07, 6.45) is 11.3. The normalized spacial score (nSPS) is 11.2. The number of rotatable bonds is 9. The van der Waals surface area contributed by atoms with Crippen molar-refractivity contribution in [1.29, 1.82) is 0 Å². The Morgan fingerprint density at radius 3 is 2.40 bits per heavy atom. The molecule has 15 heavy (non-hydrogen) atoms. The highest BCUT2D eigenvalue weighted by Gasteiger charge is 1.94. The zero-order valence-electron chi connectivity index (χ0n) is 10.1. The van der Waals surface area contributed by atoms with Crippen molar-refractivity contribution in [3.05, 3.63) is 22.2 Å². The zero-order valence-corrected chi connectivity index (χ0v) is 10.1. The molecule has 3 nitrogen and oxygen atoms in total. The fourth-order valence-corrected chi connectivity index (χ4v) is 1.47. The first kappa shape index (κ1) is 14.1. The lowest BCUT2D eigenvalue weighted by Gasteiger charge is -2.00. The van der Waals surface area contributed by atoms with Gasteiger partial charge in [-0.3, -0.25) is 0 Å². The molecule has 0 unspecified atom stereocenters. The molecule has 0 aromatic rings. The molecule has 0 bridgehead atoms. The van der Waals surface area contributed by atoms with E-state index in [4.69, 9.17) is 5.53 Å². The van der Waals surface area contributed by atoms with Gasteiger partial charge in [0.2, 0.25) is 0 Å². The van der Waals surface area contributed by atoms with E-state index in [9.17, 15) is 0 Å². The van der Waals surface area contributed by atoms with Crippen LogP contribution in [0.2, 0.25) is 0 Å². The second kappa shape index (κ2) is 11.1. The monoisotopic (exact) mass is 209 g/mol. The summed E-state index contributed by atoms with van der Waals surface area (Å²) in [5, 5.41) is 3.74. The third kappa shape index (κ3) is 9.36. The maximum Gasteiger partial charge on any atom is 0.0111 e. The van der Waals surface area contributed by atoms with E-state index >= 15 is 0 Å². The van der Waals surface area contributed by atoms with Crippen LogP contribution in [0, 0.1) is 0 Å². The highest BCUT2D eigenvalue weighted by atomic mass is 15.1. The van der Waals surface area contributed by atoms with Crippen molar-refractivity contribution in [1.82, 2.24) is 0 Å². The summed E-state index contributed by atoms with van der Waals surface area (Å²) in [6, 6.07) is 0. The van der Waals surface area contributed by atoms with Crippen molar-refractivity contribution in [2.75, 3.05) is 0 Å². The molecule has 0 N–H and O–H groups in total. The molecule has 3 heteroatoms. The van der Waals surface area contributed by atoms with Crippen LogP contribution in [0.15, 0.2) is 16.9 Å². The summed E-state index contributed by atoms with van der Waals surface area (Å²) in [6.45, 7) is 4.37. The van der Waals surface area contributed by atoms with Crippen LogP contribution in [0.25, 0.3) is 10.4 Å². The third-order valence-electron chi connectivity index (χ3n) is 2.40. The van der Waals surface area contributed by atoms with Crippen molar-refractivity contribution in [2.45, 2.75) is 65.2 Å². The second-order valence-electron chi connectivity index (χ2n) is 3.84. The number of hydrogen-bond acceptors (Lipinski definition) is 1. The Labute approximate surface area is 93.2 Å². The van der Waals surface area contributed by atoms with Crippen LogP contribution >= 0.6 is 0 Å². The van der Waals surface area contributed by atoms with Crippen LogP contribution in [-0.2, 0) is 0 Å². The molecule has 0 atom stereocenters. The summed E-state index contributed by atoms with van der Waals surface area (Å²) < 4.78 is 0. The van der Waals surface area contributed by atoms with Gasteiger partial charge in [-0.25, -0.2) is 0 Å². The van der Waals surface area contributed by atoms with Gasteiger partial charge in [0.05, 0.1) is 0 Å². The Hall–Kier alpha value is -0.950. The summed E-state index contributed by atoms with van der Waals surface area (Å²) in [5.74, 6) is 0. The Morgan fingerprint density at radius 2 is 1.80 bits per heavy atom. The summed E-state index contributed by atoms with van der Waals surface area (Å²) in [5.41, 5.74) is 9.35. The van der Waals surface area contributed by atoms with Gasteiger partial charge in [-0.05, 0) is 31.2 Å². The van der Waals surface area contributed by atoms with Gasteiger partial charge in [-0.15, -0.1) is 0 Å². The van der Waals surface area contributed by atoms with E-state index in [1.165, 1.54) is 32.1 Å². The van der Waals surface area contributed by atoms with Crippen LogP contribution in [0.5, 0.6) is 0 Å². The third-order valence-corrected chi connectivity index (χ3v) is 2.40. The lowest BCUT2D eigenvalue weighted by Crippen LogP contribution is -1.81. The van der Waals surface area contributed by atoms with Gasteiger partial charge in [0.25, 0.3) is 0 Å². The first-order chi connectivity index (χ1) is 7.35. The minimum atomic E-state index is 0.932. The molecule has 0 amide bonds. The maximum absolute atomic E-state index is 8.41. The van der Waals surface area contributed by atoms with Gasteiger partial charge < -0.3 is 0 Å². The molecule has 0 aromatic carbocycles. The van der Waals surface area contributed by atoms with Gasteiger partial charge >= 0.3 is 0 Å². The molecule has 0 saturated heterocycles. The molecule has 0 rings (SSSR count). The van der Waals surface area contributed by atoms with E-state index in [0.717, 1.165) is 25.0 Å². The summed E-state index contributed by atoms with van der Waals surface area (Å²) in [4.78, 5) is 2.87. The molecule has 0 aliphatic carbocycles. The predicted octanol–water partition coefficient (Wildman–Crippen LogP) is 5.34. The van der Waals surface area contributed by atoms with Gasteiger partial charge in [-0.2, -0.15) is 0 Å². The Kier molecular flexibility index (Phi) is 10.4. The molecule has 86 valence electrons. The van der Waals surface area contributed by atoms with Crippen LogP contribution in [0.4, 0.5) is 0 Å². The highest BCUT2D eigenvalue weighted by molar-refractivity contribution is 4.99. The molecule has 0 radical (unpaired) electrons. The molecule has 0 spiro atoms. The average molecular weight is 209 g/mol. The van der Waals surface area contributed by atoms with Crippen LogP contribution < -0.4 is 0 Å². The van der Waals surface area contributed by atoms with Gasteiger partial charge in [0.1, 0.15) is 0 Å². The number of allylic oxidation sites excluding steroid dienone is 2. The van der Waals surface area contributed by atoms with Crippen LogP contribution in [0.3, 0.4) is 0 Å². The lowest BCUT2D eigenvalue weighted by atomic mass is 10.1. The maximum atomic E-state index is 8.41. The second-order valence-corrected chi connectivity index (χ2v) is 3.84. The van der Waals surface area contributed by atoms with Crippen molar-refractivity contribution >= 4 is 0 Å². The van der Waals surface area contributed by atoms with E-state index in [-0.39, 0.29) is 0 Å². The van der Waals surface area contributed by atoms with E-state index < -0.39 is 0 Å². The number of unbranched alkanes of at least 4 members (excludes halogenated alkanes) is 5. The van der Waals surface area contributed by atoms with Crippen molar-refractivity contribution in [2.24, 2.45) is 5.11 Å².